The molecule has 1 fully saturated rings. The van der Waals surface area contributed by atoms with Gasteiger partial charge in [-0.1, -0.05) is 23.2 Å². The Kier molecular flexibility index (Phi) is 9.27. The quantitative estimate of drug-likeness (QED) is 0.211. The lowest BCUT2D eigenvalue weighted by Gasteiger charge is -2.28. The van der Waals surface area contributed by atoms with E-state index in [9.17, 15) is 41.4 Å². The predicted octanol–water partition coefficient (Wildman–Crippen LogP) is 7.14. The van der Waals surface area contributed by atoms with Crippen molar-refractivity contribution in [3.05, 3.63) is 86.2 Å². The zero-order valence-electron chi connectivity index (χ0n) is 22.0. The zero-order chi connectivity index (χ0) is 30.9. The van der Waals surface area contributed by atoms with E-state index < -0.39 is 71.8 Å². The molecular formula is C28H24Cl2F5N3O4. The van der Waals surface area contributed by atoms with Gasteiger partial charge >= 0.3 is 12.1 Å². The highest BCUT2D eigenvalue weighted by atomic mass is 35.5. The number of aromatic nitrogens is 2. The third-order valence-electron chi connectivity index (χ3n) is 7.07. The predicted molar refractivity (Wildman–Crippen MR) is 142 cm³/mol. The van der Waals surface area contributed by atoms with Crippen molar-refractivity contribution < 1.29 is 41.4 Å². The number of hydrogen-bond donors (Lipinski definition) is 1. The molecule has 1 aromatic heterocycles. The summed E-state index contributed by atoms with van der Waals surface area (Å²) >= 11 is 12.4. The van der Waals surface area contributed by atoms with E-state index in [0.717, 1.165) is 18.3 Å². The maximum absolute atomic E-state index is 14.4. The van der Waals surface area contributed by atoms with Gasteiger partial charge in [-0.05, 0) is 68.0 Å². The average Bonchev–Trinajstić information content (AvgIpc) is 3.33. The van der Waals surface area contributed by atoms with Crippen LogP contribution in [0, 0.1) is 24.5 Å². The molecule has 0 aliphatic heterocycles. The first-order valence-electron chi connectivity index (χ1n) is 12.8. The van der Waals surface area contributed by atoms with E-state index >= 15 is 0 Å². The number of aryl methyl sites for hydroxylation is 1. The van der Waals surface area contributed by atoms with E-state index in [1.165, 1.54) is 12.1 Å². The number of hydrogen-bond acceptors (Lipinski definition) is 4. The van der Waals surface area contributed by atoms with Gasteiger partial charge < -0.3 is 10.0 Å². The fourth-order valence-corrected chi connectivity index (χ4v) is 5.96. The maximum Gasteiger partial charge on any atom is 0.433 e. The minimum absolute atomic E-state index is 0.0463. The van der Waals surface area contributed by atoms with E-state index in [4.69, 9.17) is 23.2 Å². The van der Waals surface area contributed by atoms with E-state index in [2.05, 4.69) is 5.10 Å². The molecule has 14 heteroatoms. The Bertz CT molecular complexity index is 1490. The minimum atomic E-state index is -5.06. The van der Waals surface area contributed by atoms with Crippen LogP contribution in [0.3, 0.4) is 0 Å². The monoisotopic (exact) mass is 631 g/mol. The van der Waals surface area contributed by atoms with Crippen molar-refractivity contribution in [2.75, 3.05) is 6.54 Å². The van der Waals surface area contributed by atoms with Gasteiger partial charge in [0.1, 0.15) is 11.6 Å². The number of carboxylic acid groups (broad SMARTS) is 1. The Morgan fingerprint density at radius 2 is 1.57 bits per heavy atom. The van der Waals surface area contributed by atoms with Gasteiger partial charge in [0.2, 0.25) is 0 Å². The van der Waals surface area contributed by atoms with Crippen molar-refractivity contribution in [3.8, 4) is 0 Å². The number of carboxylic acids is 1. The molecule has 0 saturated heterocycles. The third kappa shape index (κ3) is 6.92. The van der Waals surface area contributed by atoms with Gasteiger partial charge in [0.15, 0.2) is 11.5 Å². The summed E-state index contributed by atoms with van der Waals surface area (Å²) in [6.45, 7) is 0.211. The summed E-state index contributed by atoms with van der Waals surface area (Å²) in [7, 11) is 0. The molecule has 224 valence electrons. The summed E-state index contributed by atoms with van der Waals surface area (Å²) in [5, 5.41) is 13.0. The molecule has 42 heavy (non-hydrogen) atoms. The number of ketones is 1. The molecule has 1 N–H and O–H groups in total. The van der Waals surface area contributed by atoms with Crippen molar-refractivity contribution >= 4 is 40.9 Å². The molecule has 2 aromatic carbocycles. The van der Waals surface area contributed by atoms with Gasteiger partial charge in [0.25, 0.3) is 5.91 Å². The lowest BCUT2D eigenvalue weighted by atomic mass is 9.86. The Morgan fingerprint density at radius 1 is 1.00 bits per heavy atom. The lowest BCUT2D eigenvalue weighted by Crippen LogP contribution is -2.37. The molecule has 1 aliphatic rings. The number of Topliss-reactive ketones (excluding diaryl/α,β-unsaturated/α-hetero) is 1. The summed E-state index contributed by atoms with van der Waals surface area (Å²) < 4.78 is 71.7. The molecule has 1 aliphatic carbocycles. The molecule has 1 saturated carbocycles. The highest BCUT2D eigenvalue weighted by Gasteiger charge is 2.43. The van der Waals surface area contributed by atoms with E-state index in [1.54, 1.807) is 6.92 Å². The van der Waals surface area contributed by atoms with Crippen LogP contribution >= 0.6 is 23.2 Å². The smallest absolute Gasteiger partial charge is 0.433 e. The van der Waals surface area contributed by atoms with Gasteiger partial charge in [0.05, 0.1) is 45.9 Å². The van der Waals surface area contributed by atoms with Gasteiger partial charge in [-0.15, -0.1) is 0 Å². The minimum Gasteiger partial charge on any atom is -0.481 e. The van der Waals surface area contributed by atoms with Crippen LogP contribution in [0.4, 0.5) is 22.0 Å². The first-order valence-corrected chi connectivity index (χ1v) is 13.5. The molecule has 1 heterocycles. The van der Waals surface area contributed by atoms with Crippen LogP contribution in [0.2, 0.25) is 10.0 Å². The van der Waals surface area contributed by atoms with E-state index in [-0.39, 0.29) is 46.9 Å². The van der Waals surface area contributed by atoms with Crippen molar-refractivity contribution in [1.29, 1.82) is 0 Å². The molecular weight excluding hydrogens is 608 g/mol. The van der Waals surface area contributed by atoms with Crippen molar-refractivity contribution in [1.82, 2.24) is 14.7 Å². The standard InChI is InChI=1S/C28H24Cl2F5N3O4/c1-14-6-21(29)24(22(30)7-14)23(39)13-37(12-15-8-17(31)10-18(32)9-15)26(40)20-11-36-38(25(20)28(33,34)35)19-4-2-16(3-5-19)27(41)42/h6-11,16,19H,2-5,12-13H2,1H3,(H,41,42). The molecule has 0 atom stereocenters. The molecule has 4 rings (SSSR count). The molecule has 0 bridgehead atoms. The lowest BCUT2D eigenvalue weighted by molar-refractivity contribution is -0.147. The second-order valence-corrected chi connectivity index (χ2v) is 11.0. The second-order valence-electron chi connectivity index (χ2n) is 10.2. The van der Waals surface area contributed by atoms with Gasteiger partial charge in [-0.3, -0.25) is 19.1 Å². The summed E-state index contributed by atoms with van der Waals surface area (Å²) in [5.41, 5.74) is -1.92. The highest BCUT2D eigenvalue weighted by Crippen LogP contribution is 2.39. The number of carbonyl (C=O) groups is 3. The van der Waals surface area contributed by atoms with Gasteiger partial charge in [0, 0.05) is 12.6 Å². The number of benzene rings is 2. The Morgan fingerprint density at radius 3 is 2.10 bits per heavy atom. The summed E-state index contributed by atoms with van der Waals surface area (Å²) in [6.07, 6.45) is -3.90. The zero-order valence-corrected chi connectivity index (χ0v) is 23.5. The number of carbonyl (C=O) groups excluding carboxylic acids is 2. The first kappa shape index (κ1) is 31.4. The van der Waals surface area contributed by atoms with Crippen LogP contribution in [0.25, 0.3) is 0 Å². The summed E-state index contributed by atoms with van der Waals surface area (Å²) in [5.74, 6) is -5.80. The highest BCUT2D eigenvalue weighted by molar-refractivity contribution is 6.40. The van der Waals surface area contributed by atoms with Gasteiger partial charge in [-0.2, -0.15) is 18.3 Å². The Hall–Kier alpha value is -3.51. The van der Waals surface area contributed by atoms with Gasteiger partial charge in [-0.25, -0.2) is 8.78 Å². The Balaban J connectivity index is 1.73. The second kappa shape index (κ2) is 12.4. The first-order chi connectivity index (χ1) is 19.6. The topological polar surface area (TPSA) is 92.5 Å². The SMILES string of the molecule is Cc1cc(Cl)c(C(=O)CN(Cc2cc(F)cc(F)c2)C(=O)c2cnn(C3CCC(C(=O)O)CC3)c2C(F)(F)F)c(Cl)c1. The molecule has 0 radical (unpaired) electrons. The van der Waals surface area contributed by atoms with Crippen LogP contribution in [-0.4, -0.2) is 44.0 Å². The van der Waals surface area contributed by atoms with Crippen LogP contribution in [0.15, 0.2) is 36.5 Å². The van der Waals surface area contributed by atoms with Crippen LogP contribution < -0.4 is 0 Å². The number of nitrogens with zero attached hydrogens (tertiary/aromatic N) is 3. The largest absolute Gasteiger partial charge is 0.481 e. The molecule has 0 spiro atoms. The average molecular weight is 632 g/mol. The fraction of sp³-hybridized carbons (Fsp3) is 0.357. The van der Waals surface area contributed by atoms with Crippen LogP contribution in [0.5, 0.6) is 0 Å². The number of halogens is 7. The Labute approximate surface area is 246 Å². The normalized spacial score (nSPS) is 17.2. The fourth-order valence-electron chi connectivity index (χ4n) is 5.16. The van der Waals surface area contributed by atoms with Crippen LogP contribution in [0.1, 0.15) is 69.3 Å². The molecule has 3 aromatic rings. The number of rotatable bonds is 8. The van der Waals surface area contributed by atoms with Crippen molar-refractivity contribution in [3.63, 3.8) is 0 Å². The van der Waals surface area contributed by atoms with Crippen molar-refractivity contribution in [2.45, 2.75) is 51.4 Å². The molecule has 7 nitrogen and oxygen atoms in total. The van der Waals surface area contributed by atoms with Crippen LogP contribution in [-0.2, 0) is 17.5 Å². The molecule has 1 amide bonds. The summed E-state index contributed by atoms with van der Waals surface area (Å²) in [4.78, 5) is 39.0. The maximum atomic E-state index is 14.4. The number of alkyl halides is 3. The van der Waals surface area contributed by atoms with E-state index in [1.807, 2.05) is 0 Å². The third-order valence-corrected chi connectivity index (χ3v) is 7.67. The van der Waals surface area contributed by atoms with Crippen molar-refractivity contribution in [2.24, 2.45) is 5.92 Å². The van der Waals surface area contributed by atoms with E-state index in [0.29, 0.717) is 21.2 Å². The summed E-state index contributed by atoms with van der Waals surface area (Å²) in [6, 6.07) is 4.41. The number of amides is 1. The number of aliphatic carboxylic acids is 1. The molecule has 0 unspecified atom stereocenters.